The van der Waals surface area contributed by atoms with Gasteiger partial charge in [0.25, 0.3) is 11.5 Å². The van der Waals surface area contributed by atoms with Crippen LogP contribution in [0.3, 0.4) is 0 Å². The average Bonchev–Trinajstić information content (AvgIpc) is 3.09. The van der Waals surface area contributed by atoms with Crippen LogP contribution >= 0.6 is 0 Å². The first-order chi connectivity index (χ1) is 14.5. The third-order valence-electron chi connectivity index (χ3n) is 6.16. The SMILES string of the molecule is Cn1nc2c(c1C(=O)N1CCc3cc(=O)n(-c4ccc(F)cc4)cc3C1)CCCC2. The lowest BCUT2D eigenvalue weighted by Crippen LogP contribution is -2.38. The van der Waals surface area contributed by atoms with Crippen molar-refractivity contribution < 1.29 is 9.18 Å². The molecule has 0 radical (unpaired) electrons. The smallest absolute Gasteiger partial charge is 0.272 e. The molecular weight excluding hydrogens is 383 g/mol. The van der Waals surface area contributed by atoms with Crippen molar-refractivity contribution in [3.8, 4) is 5.69 Å². The Morgan fingerprint density at radius 2 is 1.83 bits per heavy atom. The Labute approximate surface area is 173 Å². The van der Waals surface area contributed by atoms with Crippen LogP contribution in [-0.4, -0.2) is 31.7 Å². The van der Waals surface area contributed by atoms with Crippen molar-refractivity contribution in [2.45, 2.75) is 38.6 Å². The Kier molecular flexibility index (Phi) is 4.53. The van der Waals surface area contributed by atoms with E-state index in [1.165, 1.54) is 16.7 Å². The molecular formula is C23H23FN4O2. The molecule has 1 amide bonds. The largest absolute Gasteiger partial charge is 0.333 e. The van der Waals surface area contributed by atoms with Crippen LogP contribution in [-0.2, 0) is 32.9 Å². The van der Waals surface area contributed by atoms with Crippen LogP contribution in [0, 0.1) is 5.82 Å². The number of benzene rings is 1. The fourth-order valence-corrected chi connectivity index (χ4v) is 4.60. The minimum Gasteiger partial charge on any atom is -0.333 e. The predicted octanol–water partition coefficient (Wildman–Crippen LogP) is 2.79. The van der Waals surface area contributed by atoms with Crippen molar-refractivity contribution in [3.05, 3.63) is 80.8 Å². The van der Waals surface area contributed by atoms with Gasteiger partial charge in [0.15, 0.2) is 0 Å². The van der Waals surface area contributed by atoms with Gasteiger partial charge in [-0.15, -0.1) is 0 Å². The van der Waals surface area contributed by atoms with E-state index in [-0.39, 0.29) is 17.3 Å². The minimum atomic E-state index is -0.346. The fourth-order valence-electron chi connectivity index (χ4n) is 4.60. The third kappa shape index (κ3) is 3.14. The number of hydrogen-bond donors (Lipinski definition) is 0. The Morgan fingerprint density at radius 1 is 1.07 bits per heavy atom. The van der Waals surface area contributed by atoms with Crippen LogP contribution in [0.1, 0.15) is 45.7 Å². The average molecular weight is 406 g/mol. The van der Waals surface area contributed by atoms with Gasteiger partial charge in [-0.25, -0.2) is 4.39 Å². The summed E-state index contributed by atoms with van der Waals surface area (Å²) < 4.78 is 16.5. The third-order valence-corrected chi connectivity index (χ3v) is 6.16. The Balaban J connectivity index is 1.47. The number of amides is 1. The van der Waals surface area contributed by atoms with Crippen molar-refractivity contribution in [2.24, 2.45) is 7.05 Å². The molecule has 0 spiro atoms. The normalized spacial score (nSPS) is 15.6. The molecule has 0 fully saturated rings. The van der Waals surface area contributed by atoms with E-state index in [9.17, 15) is 14.0 Å². The Morgan fingerprint density at radius 3 is 2.63 bits per heavy atom. The molecule has 30 heavy (non-hydrogen) atoms. The van der Waals surface area contributed by atoms with Gasteiger partial charge in [-0.2, -0.15) is 5.10 Å². The first kappa shape index (κ1) is 18.8. The zero-order valence-corrected chi connectivity index (χ0v) is 16.9. The quantitative estimate of drug-likeness (QED) is 0.658. The maximum atomic E-state index is 13.4. The number of carbonyl (C=O) groups excluding carboxylic acids is 1. The summed E-state index contributed by atoms with van der Waals surface area (Å²) in [5, 5.41) is 4.58. The van der Waals surface area contributed by atoms with E-state index >= 15 is 0 Å². The molecule has 0 atom stereocenters. The standard InChI is InChI=1S/C23H23FN4O2/c1-26-22(19-4-2-3-5-20(19)25-26)23(30)27-11-10-15-12-21(29)28(14-16(15)13-27)18-8-6-17(24)7-9-18/h6-9,12,14H,2-5,10-11,13H2,1H3. The molecule has 2 aliphatic rings. The van der Waals surface area contributed by atoms with Gasteiger partial charge in [0.05, 0.1) is 5.69 Å². The Bertz CT molecular complexity index is 1190. The molecule has 7 heteroatoms. The number of halogens is 1. The van der Waals surface area contributed by atoms with Crippen LogP contribution in [0.15, 0.2) is 41.3 Å². The molecule has 0 saturated heterocycles. The molecule has 1 aliphatic heterocycles. The zero-order chi connectivity index (χ0) is 20.8. The highest BCUT2D eigenvalue weighted by Gasteiger charge is 2.29. The van der Waals surface area contributed by atoms with Crippen LogP contribution in [0.4, 0.5) is 4.39 Å². The molecule has 0 N–H and O–H groups in total. The summed E-state index contributed by atoms with van der Waals surface area (Å²) in [5.41, 5.74) is 5.20. The summed E-state index contributed by atoms with van der Waals surface area (Å²) in [6.45, 7) is 1.02. The van der Waals surface area contributed by atoms with E-state index in [1.54, 1.807) is 29.1 Å². The number of rotatable bonds is 2. The van der Waals surface area contributed by atoms with Crippen molar-refractivity contribution in [1.29, 1.82) is 0 Å². The highest BCUT2D eigenvalue weighted by Crippen LogP contribution is 2.27. The van der Waals surface area contributed by atoms with E-state index < -0.39 is 0 Å². The van der Waals surface area contributed by atoms with E-state index in [4.69, 9.17) is 0 Å². The van der Waals surface area contributed by atoms with Crippen LogP contribution < -0.4 is 5.56 Å². The predicted molar refractivity (Wildman–Crippen MR) is 110 cm³/mol. The summed E-state index contributed by atoms with van der Waals surface area (Å²) >= 11 is 0. The second-order valence-corrected chi connectivity index (χ2v) is 8.09. The van der Waals surface area contributed by atoms with Gasteiger partial charge in [-0.1, -0.05) is 0 Å². The number of carbonyl (C=O) groups is 1. The molecule has 0 bridgehead atoms. The summed E-state index contributed by atoms with van der Waals surface area (Å²) in [7, 11) is 1.84. The summed E-state index contributed by atoms with van der Waals surface area (Å²) in [6, 6.07) is 7.46. The molecule has 3 aromatic rings. The van der Waals surface area contributed by atoms with Gasteiger partial charge in [0.1, 0.15) is 11.5 Å². The molecule has 154 valence electrons. The molecule has 6 nitrogen and oxygen atoms in total. The number of aromatic nitrogens is 3. The van der Waals surface area contributed by atoms with Crippen LogP contribution in [0.5, 0.6) is 0 Å². The van der Waals surface area contributed by atoms with Gasteiger partial charge in [0.2, 0.25) is 0 Å². The lowest BCUT2D eigenvalue weighted by Gasteiger charge is -2.29. The molecule has 0 saturated carbocycles. The van der Waals surface area contributed by atoms with E-state index in [1.807, 2.05) is 11.9 Å². The fraction of sp³-hybridized carbons (Fsp3) is 0.348. The Hall–Kier alpha value is -3.22. The first-order valence-electron chi connectivity index (χ1n) is 10.4. The monoisotopic (exact) mass is 406 g/mol. The van der Waals surface area contributed by atoms with Crippen molar-refractivity contribution in [1.82, 2.24) is 19.2 Å². The number of aryl methyl sites for hydroxylation is 2. The van der Waals surface area contributed by atoms with Crippen LogP contribution in [0.2, 0.25) is 0 Å². The van der Waals surface area contributed by atoms with Crippen molar-refractivity contribution >= 4 is 5.91 Å². The van der Waals surface area contributed by atoms with Gasteiger partial charge in [0, 0.05) is 43.7 Å². The van der Waals surface area contributed by atoms with Crippen molar-refractivity contribution in [2.75, 3.05) is 6.54 Å². The van der Waals surface area contributed by atoms with E-state index in [0.29, 0.717) is 30.9 Å². The zero-order valence-electron chi connectivity index (χ0n) is 16.9. The van der Waals surface area contributed by atoms with Gasteiger partial charge in [-0.3, -0.25) is 18.8 Å². The van der Waals surface area contributed by atoms with E-state index in [2.05, 4.69) is 5.10 Å². The maximum Gasteiger partial charge on any atom is 0.272 e. The number of pyridine rings is 1. The van der Waals surface area contributed by atoms with E-state index in [0.717, 1.165) is 48.1 Å². The first-order valence-corrected chi connectivity index (χ1v) is 10.4. The maximum absolute atomic E-state index is 13.4. The molecule has 5 rings (SSSR count). The minimum absolute atomic E-state index is 0.00154. The lowest BCUT2D eigenvalue weighted by molar-refractivity contribution is 0.0722. The summed E-state index contributed by atoms with van der Waals surface area (Å²) in [4.78, 5) is 27.8. The molecule has 3 heterocycles. The number of hydrogen-bond acceptors (Lipinski definition) is 3. The second kappa shape index (κ2) is 7.23. The summed E-state index contributed by atoms with van der Waals surface area (Å²) in [5.74, 6) is -0.348. The molecule has 1 aliphatic carbocycles. The highest BCUT2D eigenvalue weighted by atomic mass is 19.1. The summed E-state index contributed by atoms with van der Waals surface area (Å²) in [6.07, 6.45) is 6.47. The number of nitrogens with zero attached hydrogens (tertiary/aromatic N) is 4. The van der Waals surface area contributed by atoms with Crippen LogP contribution in [0.25, 0.3) is 5.69 Å². The lowest BCUT2D eigenvalue weighted by atomic mass is 9.95. The van der Waals surface area contributed by atoms with Gasteiger partial charge < -0.3 is 4.90 Å². The molecule has 1 aromatic carbocycles. The second-order valence-electron chi connectivity index (χ2n) is 8.09. The molecule has 2 aromatic heterocycles. The number of fused-ring (bicyclic) bond motifs is 2. The topological polar surface area (TPSA) is 60.1 Å². The van der Waals surface area contributed by atoms with Gasteiger partial charge >= 0.3 is 0 Å². The van der Waals surface area contributed by atoms with Gasteiger partial charge in [-0.05, 0) is 67.5 Å². The molecule has 0 unspecified atom stereocenters. The highest BCUT2D eigenvalue weighted by molar-refractivity contribution is 5.94. The van der Waals surface area contributed by atoms with Crippen molar-refractivity contribution in [3.63, 3.8) is 0 Å².